The van der Waals surface area contributed by atoms with Crippen molar-refractivity contribution in [3.8, 4) is 0 Å². The number of esters is 1. The van der Waals surface area contributed by atoms with Crippen LogP contribution in [0.4, 0.5) is 0 Å². The lowest BCUT2D eigenvalue weighted by Crippen LogP contribution is -2.23. The first kappa shape index (κ1) is 15.7. The number of ether oxygens (including phenoxy) is 1. The predicted octanol–water partition coefficient (Wildman–Crippen LogP) is 2.14. The van der Waals surface area contributed by atoms with E-state index in [9.17, 15) is 9.59 Å². The number of carbonyl (C=O) groups is 2. The zero-order valence-electron chi connectivity index (χ0n) is 11.4. The normalized spacial score (nSPS) is 11.6. The highest BCUT2D eigenvalue weighted by molar-refractivity contribution is 5.87. The molecule has 98 valence electrons. The summed E-state index contributed by atoms with van der Waals surface area (Å²) in [5.74, 6) is -0.230. The fraction of sp³-hybridized carbons (Fsp3) is 0.692. The number of carbonyl (C=O) groups excluding carboxylic acids is 2. The largest absolute Gasteiger partial charge is 0.460 e. The summed E-state index contributed by atoms with van der Waals surface area (Å²) in [5.41, 5.74) is -0.423. The Labute approximate surface area is 104 Å². The summed E-state index contributed by atoms with van der Waals surface area (Å²) < 4.78 is 5.17. The van der Waals surface area contributed by atoms with Gasteiger partial charge in [-0.25, -0.2) is 0 Å². The molecule has 0 spiro atoms. The van der Waals surface area contributed by atoms with Gasteiger partial charge in [0.1, 0.15) is 5.60 Å². The summed E-state index contributed by atoms with van der Waals surface area (Å²) in [6.07, 6.45) is 5.10. The highest BCUT2D eigenvalue weighted by atomic mass is 16.6. The van der Waals surface area contributed by atoms with Gasteiger partial charge in [-0.15, -0.1) is 0 Å². The Morgan fingerprint density at radius 1 is 1.24 bits per heavy atom. The number of hydrogen-bond donors (Lipinski definition) is 0. The standard InChI is InChI=1S/C13H23NO3/c1-13(2,3)17-12(16)10-8-6-7-9-11(15)14(4)5/h7,9H,6,8,10H2,1-5H3. The Morgan fingerprint density at radius 3 is 2.29 bits per heavy atom. The van der Waals surface area contributed by atoms with Crippen LogP contribution < -0.4 is 0 Å². The second-order valence-corrected chi connectivity index (χ2v) is 5.11. The van der Waals surface area contributed by atoms with Gasteiger partial charge in [0.25, 0.3) is 0 Å². The number of rotatable bonds is 5. The highest BCUT2D eigenvalue weighted by Gasteiger charge is 2.15. The molecule has 0 saturated carbocycles. The molecule has 0 aromatic heterocycles. The molecule has 0 bridgehead atoms. The molecule has 0 saturated heterocycles. The third-order valence-corrected chi connectivity index (χ3v) is 1.87. The summed E-state index contributed by atoms with van der Waals surface area (Å²) in [4.78, 5) is 24.0. The van der Waals surface area contributed by atoms with E-state index in [1.165, 1.54) is 11.0 Å². The molecule has 0 aliphatic carbocycles. The first-order chi connectivity index (χ1) is 7.72. The molecule has 0 atom stereocenters. The molecule has 0 fully saturated rings. The van der Waals surface area contributed by atoms with Gasteiger partial charge in [-0.1, -0.05) is 6.08 Å². The van der Waals surface area contributed by atoms with Crippen molar-refractivity contribution in [1.29, 1.82) is 0 Å². The maximum atomic E-state index is 11.3. The van der Waals surface area contributed by atoms with Gasteiger partial charge in [0, 0.05) is 20.5 Å². The predicted molar refractivity (Wildman–Crippen MR) is 67.5 cm³/mol. The van der Waals surface area contributed by atoms with Crippen molar-refractivity contribution < 1.29 is 14.3 Å². The molecular weight excluding hydrogens is 218 g/mol. The second kappa shape index (κ2) is 7.09. The number of amides is 1. The summed E-state index contributed by atoms with van der Waals surface area (Å²) in [6.45, 7) is 5.54. The van der Waals surface area contributed by atoms with Gasteiger partial charge in [0.05, 0.1) is 0 Å². The van der Waals surface area contributed by atoms with E-state index in [0.717, 1.165) is 0 Å². The van der Waals surface area contributed by atoms with E-state index in [0.29, 0.717) is 19.3 Å². The lowest BCUT2D eigenvalue weighted by atomic mass is 10.2. The van der Waals surface area contributed by atoms with Gasteiger partial charge in [0.15, 0.2) is 0 Å². The minimum atomic E-state index is -0.423. The molecule has 17 heavy (non-hydrogen) atoms. The zero-order valence-corrected chi connectivity index (χ0v) is 11.4. The zero-order chi connectivity index (χ0) is 13.5. The SMILES string of the molecule is CN(C)C(=O)C=CCCCC(=O)OC(C)(C)C. The van der Waals surface area contributed by atoms with Crippen molar-refractivity contribution in [3.05, 3.63) is 12.2 Å². The van der Waals surface area contributed by atoms with Crippen LogP contribution in [0.15, 0.2) is 12.2 Å². The van der Waals surface area contributed by atoms with Gasteiger partial charge < -0.3 is 9.64 Å². The van der Waals surface area contributed by atoms with E-state index in [2.05, 4.69) is 0 Å². The first-order valence-electron chi connectivity index (χ1n) is 5.82. The molecule has 0 unspecified atom stereocenters. The van der Waals surface area contributed by atoms with Crippen LogP contribution in [0, 0.1) is 0 Å². The van der Waals surface area contributed by atoms with E-state index in [1.54, 1.807) is 20.2 Å². The Bertz CT molecular complexity index is 288. The van der Waals surface area contributed by atoms with Gasteiger partial charge in [-0.05, 0) is 39.7 Å². The van der Waals surface area contributed by atoms with Gasteiger partial charge >= 0.3 is 5.97 Å². The molecule has 4 heteroatoms. The average molecular weight is 241 g/mol. The molecule has 1 amide bonds. The number of unbranched alkanes of at least 4 members (excludes halogenated alkanes) is 1. The van der Waals surface area contributed by atoms with Crippen molar-refractivity contribution in [2.24, 2.45) is 0 Å². The van der Waals surface area contributed by atoms with Crippen LogP contribution in [-0.2, 0) is 14.3 Å². The van der Waals surface area contributed by atoms with Crippen LogP contribution in [0.1, 0.15) is 40.0 Å². The van der Waals surface area contributed by atoms with Gasteiger partial charge in [-0.2, -0.15) is 0 Å². The number of likely N-dealkylation sites (N-methyl/N-ethyl adjacent to an activating group) is 1. The molecule has 0 heterocycles. The van der Waals surface area contributed by atoms with E-state index >= 15 is 0 Å². The Morgan fingerprint density at radius 2 is 1.82 bits per heavy atom. The summed E-state index contributed by atoms with van der Waals surface area (Å²) in [6, 6.07) is 0. The molecule has 0 N–H and O–H groups in total. The average Bonchev–Trinajstić information content (AvgIpc) is 2.13. The van der Waals surface area contributed by atoms with Gasteiger partial charge in [-0.3, -0.25) is 9.59 Å². The van der Waals surface area contributed by atoms with E-state index in [-0.39, 0.29) is 11.9 Å². The van der Waals surface area contributed by atoms with Crippen LogP contribution in [0.3, 0.4) is 0 Å². The fourth-order valence-corrected chi connectivity index (χ4v) is 1.09. The molecular formula is C13H23NO3. The molecule has 0 rings (SSSR count). The smallest absolute Gasteiger partial charge is 0.306 e. The summed E-state index contributed by atoms with van der Waals surface area (Å²) in [7, 11) is 3.40. The molecule has 0 aliphatic rings. The maximum Gasteiger partial charge on any atom is 0.306 e. The molecule has 0 radical (unpaired) electrons. The summed E-state index contributed by atoms with van der Waals surface area (Å²) in [5, 5.41) is 0. The van der Waals surface area contributed by atoms with Crippen molar-refractivity contribution in [2.45, 2.75) is 45.6 Å². The summed E-state index contributed by atoms with van der Waals surface area (Å²) >= 11 is 0. The quantitative estimate of drug-likeness (QED) is 0.421. The second-order valence-electron chi connectivity index (χ2n) is 5.11. The molecule has 0 aromatic carbocycles. The van der Waals surface area contributed by atoms with Crippen molar-refractivity contribution in [3.63, 3.8) is 0 Å². The van der Waals surface area contributed by atoms with Crippen LogP contribution >= 0.6 is 0 Å². The molecule has 0 aromatic rings. The number of hydrogen-bond acceptors (Lipinski definition) is 3. The minimum Gasteiger partial charge on any atom is -0.460 e. The number of nitrogens with zero attached hydrogens (tertiary/aromatic N) is 1. The van der Waals surface area contributed by atoms with Crippen LogP contribution in [0.25, 0.3) is 0 Å². The lowest BCUT2D eigenvalue weighted by Gasteiger charge is -2.19. The fourth-order valence-electron chi connectivity index (χ4n) is 1.09. The van der Waals surface area contributed by atoms with Crippen LogP contribution in [0.5, 0.6) is 0 Å². The van der Waals surface area contributed by atoms with E-state index in [1.807, 2.05) is 20.8 Å². The maximum absolute atomic E-state index is 11.3. The van der Waals surface area contributed by atoms with Crippen molar-refractivity contribution in [2.75, 3.05) is 14.1 Å². The lowest BCUT2D eigenvalue weighted by molar-refractivity contribution is -0.154. The third kappa shape index (κ3) is 9.60. The van der Waals surface area contributed by atoms with E-state index in [4.69, 9.17) is 4.74 Å². The first-order valence-corrected chi connectivity index (χ1v) is 5.82. The monoisotopic (exact) mass is 241 g/mol. The Balaban J connectivity index is 3.72. The molecule has 0 aliphatic heterocycles. The van der Waals surface area contributed by atoms with Crippen LogP contribution in [-0.4, -0.2) is 36.5 Å². The van der Waals surface area contributed by atoms with Gasteiger partial charge in [0.2, 0.25) is 5.91 Å². The van der Waals surface area contributed by atoms with Crippen molar-refractivity contribution in [1.82, 2.24) is 4.90 Å². The minimum absolute atomic E-state index is 0.0396. The van der Waals surface area contributed by atoms with Crippen LogP contribution in [0.2, 0.25) is 0 Å². The topological polar surface area (TPSA) is 46.6 Å². The molecule has 4 nitrogen and oxygen atoms in total. The van der Waals surface area contributed by atoms with Crippen molar-refractivity contribution >= 4 is 11.9 Å². The van der Waals surface area contributed by atoms with E-state index < -0.39 is 5.60 Å². The highest BCUT2D eigenvalue weighted by Crippen LogP contribution is 2.09. The number of allylic oxidation sites excluding steroid dienone is 1. The Kier molecular flexibility index (Phi) is 6.54. The Hall–Kier alpha value is -1.32. The third-order valence-electron chi connectivity index (χ3n) is 1.87.